The molecule has 0 aromatic heterocycles. The molecule has 94 valence electrons. The van der Waals surface area contributed by atoms with Gasteiger partial charge >= 0.3 is 5.97 Å². The summed E-state index contributed by atoms with van der Waals surface area (Å²) in [6, 6.07) is 0. The number of esters is 1. The fourth-order valence-corrected chi connectivity index (χ4v) is 1.42. The number of aliphatic hydroxyl groups is 1. The van der Waals surface area contributed by atoms with E-state index < -0.39 is 0 Å². The molecule has 0 aliphatic carbocycles. The Kier molecular flexibility index (Phi) is 8.91. The van der Waals surface area contributed by atoms with Gasteiger partial charge in [0.15, 0.2) is 0 Å². The Morgan fingerprint density at radius 1 is 1.31 bits per heavy atom. The van der Waals surface area contributed by atoms with E-state index in [1.165, 1.54) is 0 Å². The first-order chi connectivity index (χ1) is 7.57. The van der Waals surface area contributed by atoms with E-state index in [1.54, 1.807) is 6.92 Å². The molecule has 3 nitrogen and oxygen atoms in total. The lowest BCUT2D eigenvalue weighted by atomic mass is 10.1. The number of ether oxygens (including phenoxy) is 1. The molecule has 0 heterocycles. The van der Waals surface area contributed by atoms with Gasteiger partial charge in [0.2, 0.25) is 0 Å². The van der Waals surface area contributed by atoms with E-state index in [2.05, 4.69) is 13.5 Å². The van der Waals surface area contributed by atoms with Crippen LogP contribution in [0.25, 0.3) is 0 Å². The lowest BCUT2D eigenvalue weighted by Gasteiger charge is -2.08. The summed E-state index contributed by atoms with van der Waals surface area (Å²) in [5.74, 6) is -0.314. The second-order valence-electron chi connectivity index (χ2n) is 4.21. The summed E-state index contributed by atoms with van der Waals surface area (Å²) in [6.45, 7) is 7.67. The molecule has 16 heavy (non-hydrogen) atoms. The van der Waals surface area contributed by atoms with Crippen molar-refractivity contribution in [3.8, 4) is 0 Å². The first-order valence-electron chi connectivity index (χ1n) is 6.08. The van der Waals surface area contributed by atoms with E-state index in [4.69, 9.17) is 4.74 Å². The van der Waals surface area contributed by atoms with Crippen molar-refractivity contribution in [2.45, 2.75) is 58.5 Å². The Bertz CT molecular complexity index is 211. The van der Waals surface area contributed by atoms with Gasteiger partial charge < -0.3 is 9.84 Å². The zero-order valence-electron chi connectivity index (χ0n) is 10.5. The highest BCUT2D eigenvalue weighted by Crippen LogP contribution is 2.08. The van der Waals surface area contributed by atoms with Crippen LogP contribution in [0.2, 0.25) is 0 Å². The van der Waals surface area contributed by atoms with Crippen molar-refractivity contribution in [3.05, 3.63) is 12.2 Å². The molecule has 0 spiro atoms. The van der Waals surface area contributed by atoms with Gasteiger partial charge in [-0.3, -0.25) is 0 Å². The Balaban J connectivity index is 3.27. The monoisotopic (exact) mass is 228 g/mol. The molecule has 3 heteroatoms. The topological polar surface area (TPSA) is 46.5 Å². The number of hydrogen-bond acceptors (Lipinski definition) is 3. The summed E-state index contributed by atoms with van der Waals surface area (Å²) in [5, 5.41) is 9.47. The highest BCUT2D eigenvalue weighted by Gasteiger charge is 2.03. The van der Waals surface area contributed by atoms with Crippen molar-refractivity contribution in [3.63, 3.8) is 0 Å². The van der Waals surface area contributed by atoms with Crippen molar-refractivity contribution in [2.24, 2.45) is 0 Å². The van der Waals surface area contributed by atoms with Crippen LogP contribution in [0.15, 0.2) is 12.2 Å². The van der Waals surface area contributed by atoms with E-state index in [0.29, 0.717) is 12.2 Å². The summed E-state index contributed by atoms with van der Waals surface area (Å²) in [4.78, 5) is 11.0. The van der Waals surface area contributed by atoms with Crippen LogP contribution in [0.3, 0.4) is 0 Å². The van der Waals surface area contributed by atoms with Crippen LogP contribution in [-0.4, -0.2) is 23.8 Å². The van der Waals surface area contributed by atoms with Crippen LogP contribution in [0.4, 0.5) is 0 Å². The first kappa shape index (κ1) is 15.2. The third-order valence-corrected chi connectivity index (χ3v) is 2.39. The van der Waals surface area contributed by atoms with Crippen molar-refractivity contribution in [2.75, 3.05) is 6.61 Å². The van der Waals surface area contributed by atoms with Crippen molar-refractivity contribution >= 4 is 5.97 Å². The average Bonchev–Trinajstić information content (AvgIpc) is 2.23. The lowest BCUT2D eigenvalue weighted by molar-refractivity contribution is -0.139. The molecule has 0 saturated carbocycles. The molecule has 0 aromatic rings. The number of hydrogen-bond donors (Lipinski definition) is 1. The quantitative estimate of drug-likeness (QED) is 0.375. The molecule has 0 rings (SSSR count). The zero-order chi connectivity index (χ0) is 12.4. The van der Waals surface area contributed by atoms with E-state index in [9.17, 15) is 9.90 Å². The molecule has 0 aliphatic rings. The Hall–Kier alpha value is -0.830. The number of unbranched alkanes of at least 4 members (excludes halogenated alkanes) is 2. The van der Waals surface area contributed by atoms with Crippen LogP contribution in [0.1, 0.15) is 52.4 Å². The van der Waals surface area contributed by atoms with E-state index in [-0.39, 0.29) is 12.1 Å². The molecule has 1 N–H and O–H groups in total. The summed E-state index contributed by atoms with van der Waals surface area (Å²) in [7, 11) is 0. The average molecular weight is 228 g/mol. The van der Waals surface area contributed by atoms with Crippen molar-refractivity contribution in [1.82, 2.24) is 0 Å². The standard InChI is InChI=1S/C13H24O3/c1-4-8-12(14)9-6-5-7-10-16-13(15)11(2)3/h12,14H,2,4-10H2,1,3H3. The fourth-order valence-electron chi connectivity index (χ4n) is 1.42. The van der Waals surface area contributed by atoms with Gasteiger partial charge in [0, 0.05) is 5.57 Å². The van der Waals surface area contributed by atoms with E-state index >= 15 is 0 Å². The van der Waals surface area contributed by atoms with E-state index in [0.717, 1.165) is 38.5 Å². The Morgan fingerprint density at radius 3 is 2.56 bits per heavy atom. The predicted molar refractivity (Wildman–Crippen MR) is 65.2 cm³/mol. The highest BCUT2D eigenvalue weighted by atomic mass is 16.5. The summed E-state index contributed by atoms with van der Waals surface area (Å²) >= 11 is 0. The van der Waals surface area contributed by atoms with Crippen LogP contribution in [-0.2, 0) is 9.53 Å². The molecule has 0 bridgehead atoms. The largest absolute Gasteiger partial charge is 0.462 e. The molecule has 0 aromatic carbocycles. The number of carbonyl (C=O) groups excluding carboxylic acids is 1. The van der Waals surface area contributed by atoms with Crippen LogP contribution in [0, 0.1) is 0 Å². The molecule has 1 atom stereocenters. The second-order valence-corrected chi connectivity index (χ2v) is 4.21. The third kappa shape index (κ3) is 8.48. The predicted octanol–water partition coefficient (Wildman–Crippen LogP) is 2.83. The Morgan fingerprint density at radius 2 is 2.00 bits per heavy atom. The van der Waals surface area contributed by atoms with Gasteiger partial charge in [-0.05, 0) is 32.6 Å². The Labute approximate surface area is 98.5 Å². The smallest absolute Gasteiger partial charge is 0.333 e. The van der Waals surface area contributed by atoms with Crippen LogP contribution >= 0.6 is 0 Å². The maximum absolute atomic E-state index is 11.0. The van der Waals surface area contributed by atoms with Gasteiger partial charge in [-0.1, -0.05) is 26.3 Å². The van der Waals surface area contributed by atoms with Gasteiger partial charge in [-0.2, -0.15) is 0 Å². The molecule has 0 aliphatic heterocycles. The number of rotatable bonds is 9. The summed E-state index contributed by atoms with van der Waals surface area (Å²) < 4.78 is 4.96. The van der Waals surface area contributed by atoms with Gasteiger partial charge in [0.05, 0.1) is 12.7 Å². The maximum atomic E-state index is 11.0. The highest BCUT2D eigenvalue weighted by molar-refractivity contribution is 5.86. The van der Waals surface area contributed by atoms with Gasteiger partial charge in [-0.15, -0.1) is 0 Å². The molecule has 0 saturated heterocycles. The van der Waals surface area contributed by atoms with E-state index in [1.807, 2.05) is 0 Å². The molecule has 1 unspecified atom stereocenters. The van der Waals surface area contributed by atoms with Gasteiger partial charge in [0.25, 0.3) is 0 Å². The minimum atomic E-state index is -0.314. The SMILES string of the molecule is C=C(C)C(=O)OCCCCCC(O)CCC. The van der Waals surface area contributed by atoms with Crippen LogP contribution in [0.5, 0.6) is 0 Å². The first-order valence-corrected chi connectivity index (χ1v) is 6.08. The number of carbonyl (C=O) groups is 1. The van der Waals surface area contributed by atoms with Crippen molar-refractivity contribution in [1.29, 1.82) is 0 Å². The summed E-state index contributed by atoms with van der Waals surface area (Å²) in [5.41, 5.74) is 0.443. The second kappa shape index (κ2) is 9.40. The lowest BCUT2D eigenvalue weighted by Crippen LogP contribution is -2.07. The van der Waals surface area contributed by atoms with Crippen molar-refractivity contribution < 1.29 is 14.6 Å². The molecule has 0 fully saturated rings. The summed E-state index contributed by atoms with van der Waals surface area (Å²) in [6.07, 6.45) is 5.43. The normalized spacial score (nSPS) is 12.2. The molecule has 0 radical (unpaired) electrons. The van der Waals surface area contributed by atoms with Crippen LogP contribution < -0.4 is 0 Å². The van der Waals surface area contributed by atoms with Gasteiger partial charge in [-0.25, -0.2) is 4.79 Å². The molecule has 0 amide bonds. The van der Waals surface area contributed by atoms with Gasteiger partial charge in [0.1, 0.15) is 0 Å². The molecular weight excluding hydrogens is 204 g/mol. The minimum Gasteiger partial charge on any atom is -0.462 e. The fraction of sp³-hybridized carbons (Fsp3) is 0.769. The third-order valence-electron chi connectivity index (χ3n) is 2.39. The minimum absolute atomic E-state index is 0.164. The zero-order valence-corrected chi connectivity index (χ0v) is 10.5. The number of aliphatic hydroxyl groups excluding tert-OH is 1. The maximum Gasteiger partial charge on any atom is 0.333 e. The molecular formula is C13H24O3.